The van der Waals surface area contributed by atoms with Gasteiger partial charge in [0.2, 0.25) is 10.1 Å². The zero-order valence-corrected chi connectivity index (χ0v) is 9.46. The highest BCUT2D eigenvalue weighted by Gasteiger charge is 2.35. The number of hydrogen-bond acceptors (Lipinski definition) is 4. The van der Waals surface area contributed by atoms with Gasteiger partial charge in [0.25, 0.3) is 0 Å². The third-order valence-corrected chi connectivity index (χ3v) is 2.36. The molecule has 0 aliphatic heterocycles. The van der Waals surface area contributed by atoms with Crippen molar-refractivity contribution in [2.24, 2.45) is 5.41 Å². The molecular formula is C8H12F3N3S. The molecule has 1 rings (SSSR count). The highest BCUT2D eigenvalue weighted by molar-refractivity contribution is 7.15. The van der Waals surface area contributed by atoms with E-state index in [2.05, 4.69) is 15.5 Å². The molecule has 0 saturated heterocycles. The Morgan fingerprint density at radius 2 is 1.80 bits per heavy atom. The van der Waals surface area contributed by atoms with Gasteiger partial charge in [-0.3, -0.25) is 0 Å². The molecule has 3 nitrogen and oxygen atoms in total. The molecule has 1 heterocycles. The Morgan fingerprint density at radius 1 is 1.20 bits per heavy atom. The lowest BCUT2D eigenvalue weighted by Crippen LogP contribution is -2.18. The van der Waals surface area contributed by atoms with Crippen molar-refractivity contribution in [1.29, 1.82) is 0 Å². The second-order valence-corrected chi connectivity index (χ2v) is 5.30. The van der Waals surface area contributed by atoms with Crippen LogP contribution >= 0.6 is 11.3 Å². The Labute approximate surface area is 89.7 Å². The molecule has 0 atom stereocenters. The van der Waals surface area contributed by atoms with E-state index in [0.29, 0.717) is 17.9 Å². The van der Waals surface area contributed by atoms with Crippen molar-refractivity contribution in [3.05, 3.63) is 5.01 Å². The van der Waals surface area contributed by atoms with Crippen LogP contribution in [-0.2, 0) is 6.18 Å². The van der Waals surface area contributed by atoms with E-state index in [9.17, 15) is 13.2 Å². The predicted molar refractivity (Wildman–Crippen MR) is 52.9 cm³/mol. The Kier molecular flexibility index (Phi) is 3.22. The van der Waals surface area contributed by atoms with Crippen LogP contribution in [0.25, 0.3) is 0 Å². The molecule has 15 heavy (non-hydrogen) atoms. The number of halogens is 3. The third kappa shape index (κ3) is 4.03. The van der Waals surface area contributed by atoms with Gasteiger partial charge in [0.1, 0.15) is 0 Å². The van der Waals surface area contributed by atoms with Crippen molar-refractivity contribution < 1.29 is 13.2 Å². The molecule has 0 spiro atoms. The minimum atomic E-state index is -4.40. The molecular weight excluding hydrogens is 227 g/mol. The molecule has 1 aromatic heterocycles. The molecule has 0 radical (unpaired) electrons. The van der Waals surface area contributed by atoms with Gasteiger partial charge in [-0.1, -0.05) is 32.1 Å². The average molecular weight is 239 g/mol. The SMILES string of the molecule is CC(C)(C)CNc1nnc(C(F)(F)F)s1. The Morgan fingerprint density at radius 3 is 2.20 bits per heavy atom. The van der Waals surface area contributed by atoms with Crippen molar-refractivity contribution in [2.45, 2.75) is 26.9 Å². The van der Waals surface area contributed by atoms with Crippen molar-refractivity contribution in [1.82, 2.24) is 10.2 Å². The summed E-state index contributed by atoms with van der Waals surface area (Å²) in [6.45, 7) is 6.49. The van der Waals surface area contributed by atoms with Gasteiger partial charge in [-0.2, -0.15) is 13.2 Å². The van der Waals surface area contributed by atoms with E-state index in [0.717, 1.165) is 0 Å². The first-order chi connectivity index (χ1) is 6.68. The largest absolute Gasteiger partial charge is 0.445 e. The summed E-state index contributed by atoms with van der Waals surface area (Å²) in [5.74, 6) is 0. The summed E-state index contributed by atoms with van der Waals surface area (Å²) in [6.07, 6.45) is -4.40. The topological polar surface area (TPSA) is 37.8 Å². The molecule has 0 bridgehead atoms. The summed E-state index contributed by atoms with van der Waals surface area (Å²) in [4.78, 5) is 0. The second kappa shape index (κ2) is 3.96. The van der Waals surface area contributed by atoms with Gasteiger partial charge in [-0.25, -0.2) is 0 Å². The Balaban J connectivity index is 2.62. The van der Waals surface area contributed by atoms with Crippen LogP contribution in [0, 0.1) is 5.41 Å². The van der Waals surface area contributed by atoms with Crippen LogP contribution in [0.1, 0.15) is 25.8 Å². The van der Waals surface area contributed by atoms with E-state index in [4.69, 9.17) is 0 Å². The van der Waals surface area contributed by atoms with E-state index in [-0.39, 0.29) is 10.5 Å². The maximum absolute atomic E-state index is 12.2. The van der Waals surface area contributed by atoms with Crippen molar-refractivity contribution in [3.8, 4) is 0 Å². The molecule has 0 saturated carbocycles. The van der Waals surface area contributed by atoms with Gasteiger partial charge < -0.3 is 5.32 Å². The highest BCUT2D eigenvalue weighted by Crippen LogP contribution is 2.33. The minimum absolute atomic E-state index is 0.00986. The summed E-state index contributed by atoms with van der Waals surface area (Å²) in [5, 5.41) is 8.60. The van der Waals surface area contributed by atoms with Crippen LogP contribution in [-0.4, -0.2) is 16.7 Å². The fourth-order valence-corrected chi connectivity index (χ4v) is 1.36. The monoisotopic (exact) mass is 239 g/mol. The fourth-order valence-electron chi connectivity index (χ4n) is 0.750. The number of hydrogen-bond donors (Lipinski definition) is 1. The molecule has 1 aromatic rings. The normalized spacial score (nSPS) is 12.9. The molecule has 0 fully saturated rings. The zero-order chi connectivity index (χ0) is 11.7. The number of rotatable bonds is 2. The number of nitrogens with zero attached hydrogens (tertiary/aromatic N) is 2. The summed E-state index contributed by atoms with van der Waals surface area (Å²) in [7, 11) is 0. The number of aromatic nitrogens is 2. The quantitative estimate of drug-likeness (QED) is 0.862. The van der Waals surface area contributed by atoms with Crippen molar-refractivity contribution in [2.75, 3.05) is 11.9 Å². The van der Waals surface area contributed by atoms with Crippen LogP contribution in [0.5, 0.6) is 0 Å². The second-order valence-electron chi connectivity index (χ2n) is 4.32. The van der Waals surface area contributed by atoms with Gasteiger partial charge in [0.05, 0.1) is 0 Å². The van der Waals surface area contributed by atoms with Gasteiger partial charge in [0, 0.05) is 6.54 Å². The van der Waals surface area contributed by atoms with Crippen LogP contribution in [0.2, 0.25) is 0 Å². The van der Waals surface area contributed by atoms with E-state index < -0.39 is 11.2 Å². The predicted octanol–water partition coefficient (Wildman–Crippen LogP) is 3.01. The van der Waals surface area contributed by atoms with E-state index in [1.54, 1.807) is 0 Å². The molecule has 0 unspecified atom stereocenters. The molecule has 0 aromatic carbocycles. The molecule has 0 aliphatic rings. The molecule has 1 N–H and O–H groups in total. The standard InChI is InChI=1S/C8H12F3N3S/c1-7(2,3)4-12-6-14-13-5(15-6)8(9,10)11/h4H2,1-3H3,(H,12,14). The van der Waals surface area contributed by atoms with E-state index in [1.807, 2.05) is 20.8 Å². The van der Waals surface area contributed by atoms with Crippen LogP contribution in [0.4, 0.5) is 18.3 Å². The lowest BCUT2D eigenvalue weighted by Gasteiger charge is -2.17. The summed E-state index contributed by atoms with van der Waals surface area (Å²) < 4.78 is 36.5. The lowest BCUT2D eigenvalue weighted by molar-refractivity contribution is -0.138. The first-order valence-corrected chi connectivity index (χ1v) is 5.15. The molecule has 0 aliphatic carbocycles. The Hall–Kier alpha value is -0.850. The van der Waals surface area contributed by atoms with Gasteiger partial charge in [-0.05, 0) is 5.41 Å². The van der Waals surface area contributed by atoms with Crippen LogP contribution in [0.3, 0.4) is 0 Å². The van der Waals surface area contributed by atoms with E-state index >= 15 is 0 Å². The van der Waals surface area contributed by atoms with Crippen molar-refractivity contribution >= 4 is 16.5 Å². The first kappa shape index (κ1) is 12.2. The number of anilines is 1. The van der Waals surface area contributed by atoms with Crippen molar-refractivity contribution in [3.63, 3.8) is 0 Å². The van der Waals surface area contributed by atoms with E-state index in [1.165, 1.54) is 0 Å². The molecule has 7 heteroatoms. The number of alkyl halides is 3. The Bertz CT molecular complexity index is 327. The number of nitrogens with one attached hydrogen (secondary N) is 1. The lowest BCUT2D eigenvalue weighted by atomic mass is 9.97. The zero-order valence-electron chi connectivity index (χ0n) is 8.64. The fraction of sp³-hybridized carbons (Fsp3) is 0.750. The highest BCUT2D eigenvalue weighted by atomic mass is 32.1. The maximum atomic E-state index is 12.2. The first-order valence-electron chi connectivity index (χ1n) is 4.33. The van der Waals surface area contributed by atoms with Gasteiger partial charge in [-0.15, -0.1) is 10.2 Å². The molecule has 0 amide bonds. The summed E-state index contributed by atoms with van der Waals surface area (Å²) in [6, 6.07) is 0. The minimum Gasteiger partial charge on any atom is -0.360 e. The van der Waals surface area contributed by atoms with Gasteiger partial charge in [0.15, 0.2) is 0 Å². The van der Waals surface area contributed by atoms with Crippen LogP contribution in [0.15, 0.2) is 0 Å². The average Bonchev–Trinajstić information content (AvgIpc) is 2.45. The smallest absolute Gasteiger partial charge is 0.360 e. The summed E-state index contributed by atoms with van der Waals surface area (Å²) >= 11 is 0.522. The maximum Gasteiger partial charge on any atom is 0.445 e. The molecule has 86 valence electrons. The van der Waals surface area contributed by atoms with Crippen LogP contribution < -0.4 is 5.32 Å². The third-order valence-electron chi connectivity index (χ3n) is 1.44. The van der Waals surface area contributed by atoms with Gasteiger partial charge >= 0.3 is 6.18 Å². The summed E-state index contributed by atoms with van der Waals surface area (Å²) in [5.41, 5.74) is -0.00986.